The van der Waals surface area contributed by atoms with Gasteiger partial charge in [-0.05, 0) is 56.2 Å². The Balaban J connectivity index is 1.34. The highest BCUT2D eigenvalue weighted by molar-refractivity contribution is 6.08. The van der Waals surface area contributed by atoms with Gasteiger partial charge in [0, 0.05) is 56.5 Å². The summed E-state index contributed by atoms with van der Waals surface area (Å²) >= 11 is 0. The van der Waals surface area contributed by atoms with Crippen LogP contribution in [-0.2, 0) is 0 Å². The molecule has 2 aliphatic heterocycles. The van der Waals surface area contributed by atoms with Crippen LogP contribution in [0.3, 0.4) is 0 Å². The number of amides is 1. The number of rotatable bonds is 4. The predicted molar refractivity (Wildman–Crippen MR) is 125 cm³/mol. The Morgan fingerprint density at radius 2 is 1.64 bits per heavy atom. The first kappa shape index (κ1) is 21.9. The SMILES string of the molecule is Cc1cc(NC(=O)c2ccc(N)cc2N2CCC3(CC2)CC3)nc(N2CCC(F)(F)CC2)n1. The van der Waals surface area contributed by atoms with Gasteiger partial charge in [0.25, 0.3) is 11.8 Å². The predicted octanol–water partition coefficient (Wildman–Crippen LogP) is 4.24. The van der Waals surface area contributed by atoms with Crippen molar-refractivity contribution in [2.45, 2.75) is 51.4 Å². The first-order valence-electron chi connectivity index (χ1n) is 11.7. The zero-order chi connectivity index (χ0) is 23.2. The van der Waals surface area contributed by atoms with Crippen molar-refractivity contribution >= 4 is 29.0 Å². The minimum atomic E-state index is -2.64. The lowest BCUT2D eigenvalue weighted by Gasteiger charge is -2.35. The quantitative estimate of drug-likeness (QED) is 0.670. The van der Waals surface area contributed by atoms with Crippen LogP contribution in [0.15, 0.2) is 24.3 Å². The molecule has 1 saturated carbocycles. The van der Waals surface area contributed by atoms with Gasteiger partial charge in [0.1, 0.15) is 5.82 Å². The third kappa shape index (κ3) is 4.72. The number of piperidine rings is 2. The van der Waals surface area contributed by atoms with E-state index in [0.29, 0.717) is 34.1 Å². The molecule has 0 bridgehead atoms. The lowest BCUT2D eigenvalue weighted by atomic mass is 9.93. The molecule has 3 aliphatic rings. The molecule has 1 amide bonds. The summed E-state index contributed by atoms with van der Waals surface area (Å²) in [7, 11) is 0. The number of nitrogens with zero attached hydrogens (tertiary/aromatic N) is 4. The smallest absolute Gasteiger partial charge is 0.258 e. The Morgan fingerprint density at radius 3 is 2.30 bits per heavy atom. The molecule has 3 N–H and O–H groups in total. The number of halogens is 2. The van der Waals surface area contributed by atoms with Gasteiger partial charge in [-0.3, -0.25) is 4.79 Å². The Morgan fingerprint density at radius 1 is 0.970 bits per heavy atom. The maximum atomic E-state index is 13.5. The van der Waals surface area contributed by atoms with E-state index in [2.05, 4.69) is 20.2 Å². The number of anilines is 4. The highest BCUT2D eigenvalue weighted by Gasteiger charge is 2.44. The van der Waals surface area contributed by atoms with Crippen LogP contribution in [-0.4, -0.2) is 48.0 Å². The summed E-state index contributed by atoms with van der Waals surface area (Å²) in [6.07, 6.45) is 4.47. The van der Waals surface area contributed by atoms with E-state index in [1.54, 1.807) is 30.0 Å². The average Bonchev–Trinajstić information content (AvgIpc) is 3.52. The number of alkyl halides is 2. The van der Waals surface area contributed by atoms with Gasteiger partial charge in [0.05, 0.1) is 11.3 Å². The molecule has 0 radical (unpaired) electrons. The number of nitrogen functional groups attached to an aromatic ring is 1. The molecule has 3 heterocycles. The third-order valence-electron chi connectivity index (χ3n) is 7.25. The fourth-order valence-electron chi connectivity index (χ4n) is 4.88. The van der Waals surface area contributed by atoms with E-state index in [1.165, 1.54) is 12.8 Å². The average molecular weight is 457 g/mol. The molecule has 2 saturated heterocycles. The van der Waals surface area contributed by atoms with Gasteiger partial charge in [-0.15, -0.1) is 0 Å². The number of aryl methyl sites for hydroxylation is 1. The number of hydrogen-bond acceptors (Lipinski definition) is 6. The van der Waals surface area contributed by atoms with Gasteiger partial charge in [-0.1, -0.05) is 0 Å². The van der Waals surface area contributed by atoms with Crippen molar-refractivity contribution in [3.05, 3.63) is 35.5 Å². The van der Waals surface area contributed by atoms with E-state index < -0.39 is 5.92 Å². The maximum Gasteiger partial charge on any atom is 0.258 e. The summed E-state index contributed by atoms with van der Waals surface area (Å²) in [5, 5.41) is 2.89. The Hall–Kier alpha value is -2.97. The van der Waals surface area contributed by atoms with Crippen LogP contribution in [0.25, 0.3) is 0 Å². The third-order valence-corrected chi connectivity index (χ3v) is 7.25. The number of hydrogen-bond donors (Lipinski definition) is 2. The van der Waals surface area contributed by atoms with Crippen molar-refractivity contribution in [2.75, 3.05) is 47.0 Å². The lowest BCUT2D eigenvalue weighted by molar-refractivity contribution is -0.0222. The zero-order valence-corrected chi connectivity index (χ0v) is 18.9. The molecular formula is C24H30F2N6O. The summed E-state index contributed by atoms with van der Waals surface area (Å²) in [5.41, 5.74) is 9.26. The highest BCUT2D eigenvalue weighted by atomic mass is 19.3. The van der Waals surface area contributed by atoms with Crippen LogP contribution in [0, 0.1) is 12.3 Å². The minimum absolute atomic E-state index is 0.183. The molecule has 1 aromatic carbocycles. The van der Waals surface area contributed by atoms with Gasteiger partial charge < -0.3 is 20.9 Å². The molecule has 3 fully saturated rings. The number of aromatic nitrogens is 2. The van der Waals surface area contributed by atoms with Crippen molar-refractivity contribution in [1.29, 1.82) is 0 Å². The van der Waals surface area contributed by atoms with E-state index in [1.807, 2.05) is 6.07 Å². The fourth-order valence-corrected chi connectivity index (χ4v) is 4.88. The van der Waals surface area contributed by atoms with Crippen LogP contribution < -0.4 is 20.9 Å². The van der Waals surface area contributed by atoms with Gasteiger partial charge in [-0.2, -0.15) is 4.98 Å². The normalized spacial score (nSPS) is 21.2. The zero-order valence-electron chi connectivity index (χ0n) is 18.9. The van der Waals surface area contributed by atoms with Crippen molar-refractivity contribution in [1.82, 2.24) is 9.97 Å². The van der Waals surface area contributed by atoms with Crippen molar-refractivity contribution in [2.24, 2.45) is 5.41 Å². The van der Waals surface area contributed by atoms with Crippen LogP contribution in [0.5, 0.6) is 0 Å². The summed E-state index contributed by atoms with van der Waals surface area (Å²) in [4.78, 5) is 26.1. The van der Waals surface area contributed by atoms with Crippen LogP contribution in [0.4, 0.5) is 31.9 Å². The number of carbonyl (C=O) groups is 1. The van der Waals surface area contributed by atoms with Gasteiger partial charge in [0.2, 0.25) is 5.95 Å². The number of benzene rings is 1. The Labute approximate surface area is 192 Å². The van der Waals surface area contributed by atoms with Crippen molar-refractivity contribution in [3.8, 4) is 0 Å². The van der Waals surface area contributed by atoms with Gasteiger partial charge in [0.15, 0.2) is 0 Å². The molecule has 1 spiro atoms. The molecule has 0 unspecified atom stereocenters. The summed E-state index contributed by atoms with van der Waals surface area (Å²) in [6, 6.07) is 7.04. The molecule has 0 atom stereocenters. The second-order valence-corrected chi connectivity index (χ2v) is 9.76. The van der Waals surface area contributed by atoms with E-state index in [4.69, 9.17) is 5.73 Å². The number of nitrogens with two attached hydrogens (primary N) is 1. The second kappa shape index (κ2) is 8.11. The van der Waals surface area contributed by atoms with E-state index in [9.17, 15) is 13.6 Å². The molecular weight excluding hydrogens is 426 g/mol. The lowest BCUT2D eigenvalue weighted by Crippen LogP contribution is -2.40. The largest absolute Gasteiger partial charge is 0.399 e. The number of nitrogens with one attached hydrogen (secondary N) is 1. The summed E-state index contributed by atoms with van der Waals surface area (Å²) in [5.74, 6) is -2.19. The molecule has 1 aliphatic carbocycles. The van der Waals surface area contributed by atoms with Crippen molar-refractivity contribution < 1.29 is 13.6 Å². The minimum Gasteiger partial charge on any atom is -0.399 e. The second-order valence-electron chi connectivity index (χ2n) is 9.76. The van der Waals surface area contributed by atoms with E-state index >= 15 is 0 Å². The van der Waals surface area contributed by atoms with Crippen LogP contribution >= 0.6 is 0 Å². The molecule has 9 heteroatoms. The topological polar surface area (TPSA) is 87.4 Å². The van der Waals surface area contributed by atoms with Gasteiger partial charge in [-0.25, -0.2) is 13.8 Å². The molecule has 176 valence electrons. The van der Waals surface area contributed by atoms with E-state index in [0.717, 1.165) is 31.6 Å². The Bertz CT molecular complexity index is 1050. The van der Waals surface area contributed by atoms with Crippen LogP contribution in [0.1, 0.15) is 54.6 Å². The fraction of sp³-hybridized carbons (Fsp3) is 0.542. The summed E-state index contributed by atoms with van der Waals surface area (Å²) < 4.78 is 27.1. The van der Waals surface area contributed by atoms with Gasteiger partial charge >= 0.3 is 0 Å². The standard InChI is InChI=1S/C24H30F2N6O/c1-16-14-20(30-22(28-16)32-12-8-24(25,26)9-13-32)29-21(33)18-3-2-17(27)15-19(18)31-10-6-23(4-5-23)7-11-31/h2-3,14-15H,4-13,27H2,1H3,(H,28,29,30,33). The first-order valence-corrected chi connectivity index (χ1v) is 11.7. The molecule has 5 rings (SSSR count). The molecule has 7 nitrogen and oxygen atoms in total. The van der Waals surface area contributed by atoms with Crippen molar-refractivity contribution in [3.63, 3.8) is 0 Å². The number of carbonyl (C=O) groups excluding carboxylic acids is 1. The van der Waals surface area contributed by atoms with E-state index in [-0.39, 0.29) is 31.8 Å². The molecule has 33 heavy (non-hydrogen) atoms. The maximum absolute atomic E-state index is 13.5. The molecule has 2 aromatic rings. The molecule has 1 aromatic heterocycles. The monoisotopic (exact) mass is 456 g/mol. The Kier molecular flexibility index (Phi) is 5.37. The van der Waals surface area contributed by atoms with Crippen LogP contribution in [0.2, 0.25) is 0 Å². The summed E-state index contributed by atoms with van der Waals surface area (Å²) in [6.45, 7) is 4.00. The first-order chi connectivity index (χ1) is 15.7. The highest BCUT2D eigenvalue weighted by Crippen LogP contribution is 2.54.